The van der Waals surface area contributed by atoms with Gasteiger partial charge < -0.3 is 10.4 Å². The highest BCUT2D eigenvalue weighted by molar-refractivity contribution is 7.93. The van der Waals surface area contributed by atoms with Gasteiger partial charge in [-0.3, -0.25) is 4.79 Å². The Labute approximate surface area is 166 Å². The molecule has 2 aromatic carbocycles. The van der Waals surface area contributed by atoms with Crippen LogP contribution in [-0.4, -0.2) is 31.4 Å². The van der Waals surface area contributed by atoms with Gasteiger partial charge in [-0.05, 0) is 43.3 Å². The van der Waals surface area contributed by atoms with Gasteiger partial charge >= 0.3 is 5.97 Å². The van der Waals surface area contributed by atoms with E-state index in [1.807, 2.05) is 0 Å². The number of hydrogen-bond acceptors (Lipinski definition) is 4. The largest absolute Gasteiger partial charge is 0.480 e. The molecule has 0 aliphatic rings. The molecular weight excluding hydrogens is 415 g/mol. The number of anilines is 2. The molecule has 27 heavy (non-hydrogen) atoms. The molecule has 1 atom stereocenters. The van der Waals surface area contributed by atoms with Gasteiger partial charge in [-0.15, -0.1) is 0 Å². The first-order valence-corrected chi connectivity index (χ1v) is 9.84. The molecule has 7 nitrogen and oxygen atoms in total. The van der Waals surface area contributed by atoms with Crippen LogP contribution in [0.15, 0.2) is 47.4 Å². The molecule has 2 aromatic rings. The Balaban J connectivity index is 2.61. The van der Waals surface area contributed by atoms with E-state index in [-0.39, 0.29) is 26.5 Å². The number of para-hydroxylation sites is 1. The summed E-state index contributed by atoms with van der Waals surface area (Å²) in [4.78, 5) is 22.5. The normalized spacial score (nSPS) is 12.3. The zero-order chi connectivity index (χ0) is 20.4. The number of rotatable bonds is 6. The number of carbonyl (C=O) groups is 2. The second kappa shape index (κ2) is 8.16. The number of nitrogens with zero attached hydrogens (tertiary/aromatic N) is 1. The van der Waals surface area contributed by atoms with Gasteiger partial charge in [-0.1, -0.05) is 29.3 Å². The van der Waals surface area contributed by atoms with Gasteiger partial charge in [0.2, 0.25) is 5.91 Å². The third kappa shape index (κ3) is 4.52. The summed E-state index contributed by atoms with van der Waals surface area (Å²) in [5, 5.41) is 11.9. The summed E-state index contributed by atoms with van der Waals surface area (Å²) < 4.78 is 27.0. The highest BCUT2D eigenvalue weighted by Gasteiger charge is 2.35. The van der Waals surface area contributed by atoms with E-state index >= 15 is 0 Å². The smallest absolute Gasteiger partial charge is 0.327 e. The maximum absolute atomic E-state index is 13.2. The molecule has 0 saturated carbocycles. The summed E-state index contributed by atoms with van der Waals surface area (Å²) in [7, 11) is -4.32. The van der Waals surface area contributed by atoms with E-state index in [0.29, 0.717) is 9.99 Å². The Kier molecular flexibility index (Phi) is 6.35. The van der Waals surface area contributed by atoms with Gasteiger partial charge in [-0.25, -0.2) is 17.5 Å². The van der Waals surface area contributed by atoms with Crippen LogP contribution < -0.4 is 9.62 Å². The predicted octanol–water partition coefficient (Wildman–Crippen LogP) is 3.62. The number of halogens is 2. The Morgan fingerprint density at radius 1 is 1.07 bits per heavy atom. The van der Waals surface area contributed by atoms with Crippen molar-refractivity contribution in [3.05, 3.63) is 52.5 Å². The predicted molar refractivity (Wildman–Crippen MR) is 104 cm³/mol. The van der Waals surface area contributed by atoms with Crippen LogP contribution in [0, 0.1) is 0 Å². The molecule has 0 aliphatic carbocycles. The van der Waals surface area contributed by atoms with Gasteiger partial charge in [0.1, 0.15) is 6.04 Å². The van der Waals surface area contributed by atoms with Crippen molar-refractivity contribution in [2.24, 2.45) is 0 Å². The fourth-order valence-corrected chi connectivity index (χ4v) is 4.68. The van der Waals surface area contributed by atoms with Crippen LogP contribution in [0.1, 0.15) is 13.8 Å². The fourth-order valence-electron chi connectivity index (χ4n) is 2.35. The van der Waals surface area contributed by atoms with E-state index in [0.717, 1.165) is 0 Å². The standard InChI is InChI=1S/C17H16Cl2N2O5S/c1-10(17(23)24)21(16-14(18)4-3-5-15(16)19)27(25,26)13-8-6-12(7-9-13)20-11(2)22/h3-10H,1-2H3,(H,20,22)(H,23,24). The number of carboxylic acids is 1. The topological polar surface area (TPSA) is 104 Å². The number of amides is 1. The van der Waals surface area contributed by atoms with Crippen LogP contribution in [0.2, 0.25) is 10.0 Å². The molecule has 1 amide bonds. The first-order chi connectivity index (χ1) is 12.6. The SMILES string of the molecule is CC(=O)Nc1ccc(S(=O)(=O)N(c2c(Cl)cccc2Cl)C(C)C(=O)O)cc1. The minimum atomic E-state index is -4.32. The first-order valence-electron chi connectivity index (χ1n) is 7.64. The average Bonchev–Trinajstić information content (AvgIpc) is 2.57. The quantitative estimate of drug-likeness (QED) is 0.727. The van der Waals surface area contributed by atoms with Gasteiger partial charge in [-0.2, -0.15) is 0 Å². The molecule has 0 bridgehead atoms. The molecule has 0 fully saturated rings. The van der Waals surface area contributed by atoms with Crippen LogP contribution >= 0.6 is 23.2 Å². The van der Waals surface area contributed by atoms with E-state index in [1.165, 1.54) is 56.3 Å². The van der Waals surface area contributed by atoms with E-state index in [1.54, 1.807) is 0 Å². The highest BCUT2D eigenvalue weighted by Crippen LogP contribution is 2.38. The summed E-state index contributed by atoms with van der Waals surface area (Å²) >= 11 is 12.2. The molecule has 144 valence electrons. The number of hydrogen-bond donors (Lipinski definition) is 2. The number of aliphatic carboxylic acids is 1. The zero-order valence-electron chi connectivity index (χ0n) is 14.3. The van der Waals surface area contributed by atoms with Crippen LogP contribution in [0.3, 0.4) is 0 Å². The van der Waals surface area contributed by atoms with Gasteiger partial charge in [0.25, 0.3) is 10.0 Å². The maximum Gasteiger partial charge on any atom is 0.327 e. The molecular formula is C17H16Cl2N2O5S. The first kappa shape index (κ1) is 21.0. The van der Waals surface area contributed by atoms with Crippen LogP contribution in [0.5, 0.6) is 0 Å². The Hall–Kier alpha value is -2.29. The molecule has 0 heterocycles. The van der Waals surface area contributed by atoms with Crippen LogP contribution in [-0.2, 0) is 19.6 Å². The second-order valence-corrected chi connectivity index (χ2v) is 8.22. The molecule has 2 N–H and O–H groups in total. The van der Waals surface area contributed by atoms with Crippen molar-refractivity contribution in [1.29, 1.82) is 0 Å². The molecule has 0 radical (unpaired) electrons. The third-order valence-corrected chi connectivity index (χ3v) is 6.09. The van der Waals surface area contributed by atoms with Crippen molar-refractivity contribution in [3.63, 3.8) is 0 Å². The molecule has 0 aliphatic heterocycles. The second-order valence-electron chi connectivity index (χ2n) is 5.59. The zero-order valence-corrected chi connectivity index (χ0v) is 16.6. The summed E-state index contributed by atoms with van der Waals surface area (Å²) in [6.45, 7) is 2.53. The van der Waals surface area contributed by atoms with E-state index in [4.69, 9.17) is 23.2 Å². The highest BCUT2D eigenvalue weighted by atomic mass is 35.5. The lowest BCUT2D eigenvalue weighted by Crippen LogP contribution is -2.43. The Morgan fingerprint density at radius 3 is 2.04 bits per heavy atom. The van der Waals surface area contributed by atoms with E-state index < -0.39 is 22.0 Å². The molecule has 10 heteroatoms. The minimum absolute atomic E-state index is 0.00552. The Morgan fingerprint density at radius 2 is 1.59 bits per heavy atom. The lowest BCUT2D eigenvalue weighted by atomic mass is 10.2. The lowest BCUT2D eigenvalue weighted by molar-refractivity contribution is -0.137. The third-order valence-electron chi connectivity index (χ3n) is 3.60. The van der Waals surface area contributed by atoms with Gasteiger partial charge in [0.05, 0.1) is 20.6 Å². The number of nitrogens with one attached hydrogen (secondary N) is 1. The van der Waals surface area contributed by atoms with Gasteiger partial charge in [0, 0.05) is 12.6 Å². The monoisotopic (exact) mass is 430 g/mol. The Bertz CT molecular complexity index is 957. The number of benzene rings is 2. The number of carboxylic acid groups (broad SMARTS) is 1. The van der Waals surface area contributed by atoms with Crippen molar-refractivity contribution >= 4 is 56.5 Å². The van der Waals surface area contributed by atoms with Crippen molar-refractivity contribution in [2.45, 2.75) is 24.8 Å². The lowest BCUT2D eigenvalue weighted by Gasteiger charge is -2.29. The average molecular weight is 431 g/mol. The number of sulfonamides is 1. The van der Waals surface area contributed by atoms with Crippen molar-refractivity contribution in [3.8, 4) is 0 Å². The van der Waals surface area contributed by atoms with Crippen molar-refractivity contribution < 1.29 is 23.1 Å². The van der Waals surface area contributed by atoms with Crippen molar-refractivity contribution in [1.82, 2.24) is 0 Å². The van der Waals surface area contributed by atoms with E-state index in [2.05, 4.69) is 5.32 Å². The fraction of sp³-hybridized carbons (Fsp3) is 0.176. The summed E-state index contributed by atoms with van der Waals surface area (Å²) in [6.07, 6.45) is 0. The van der Waals surface area contributed by atoms with Gasteiger partial charge in [0.15, 0.2) is 0 Å². The number of carbonyl (C=O) groups excluding carboxylic acids is 1. The molecule has 0 spiro atoms. The maximum atomic E-state index is 13.2. The molecule has 1 unspecified atom stereocenters. The summed E-state index contributed by atoms with van der Waals surface area (Å²) in [5.41, 5.74) is 0.275. The summed E-state index contributed by atoms with van der Waals surface area (Å²) in [6, 6.07) is 8.19. The molecule has 0 aromatic heterocycles. The molecule has 2 rings (SSSR count). The molecule has 0 saturated heterocycles. The van der Waals surface area contributed by atoms with Crippen molar-refractivity contribution in [2.75, 3.05) is 9.62 Å². The minimum Gasteiger partial charge on any atom is -0.480 e. The van der Waals surface area contributed by atoms with Crippen LogP contribution in [0.25, 0.3) is 0 Å². The summed E-state index contributed by atoms with van der Waals surface area (Å²) in [5.74, 6) is -1.68. The van der Waals surface area contributed by atoms with Crippen LogP contribution in [0.4, 0.5) is 11.4 Å². The van der Waals surface area contributed by atoms with E-state index in [9.17, 15) is 23.1 Å².